The first kappa shape index (κ1) is 24.1. The van der Waals surface area contributed by atoms with Crippen molar-refractivity contribution in [1.82, 2.24) is 4.90 Å². The van der Waals surface area contributed by atoms with Crippen LogP contribution in [0.3, 0.4) is 0 Å². The first-order valence-corrected chi connectivity index (χ1v) is 11.4. The summed E-state index contributed by atoms with van der Waals surface area (Å²) >= 11 is 2.34. The normalized spacial score (nSPS) is 12.1. The van der Waals surface area contributed by atoms with Gasteiger partial charge in [0.2, 0.25) is 4.29 Å². The van der Waals surface area contributed by atoms with E-state index in [1.54, 1.807) is 12.1 Å². The number of ether oxygens (including phenoxy) is 1. The summed E-state index contributed by atoms with van der Waals surface area (Å²) in [5.41, 5.74) is 2.82. The summed E-state index contributed by atoms with van der Waals surface area (Å²) in [5, 5.41) is 20.6. The average molecular weight is 528 g/mol. The minimum Gasteiger partial charge on any atom is -0.494 e. The van der Waals surface area contributed by atoms with E-state index < -0.39 is 0 Å². The lowest BCUT2D eigenvalue weighted by molar-refractivity contribution is -0.385. The predicted octanol–water partition coefficient (Wildman–Crippen LogP) is 4.33. The molecule has 1 N–H and O–H groups in total. The molecule has 2 aromatic rings. The number of benzene rings is 2. The smallest absolute Gasteiger partial charge is 0.274 e. The molecule has 2 rings (SSSR count). The molecule has 0 aliphatic heterocycles. The quantitative estimate of drug-likeness (QED) is 0.155. The van der Waals surface area contributed by atoms with Crippen molar-refractivity contribution in [1.29, 1.82) is 0 Å². The topological polar surface area (TPSA) is 75.8 Å². The van der Waals surface area contributed by atoms with Gasteiger partial charge in [0.15, 0.2) is 0 Å². The van der Waals surface area contributed by atoms with Gasteiger partial charge >= 0.3 is 0 Å². The molecule has 29 heavy (non-hydrogen) atoms. The maximum absolute atomic E-state index is 11.4. The Morgan fingerprint density at radius 2 is 1.93 bits per heavy atom. The Kier molecular flexibility index (Phi) is 9.82. The maximum atomic E-state index is 11.4. The first-order chi connectivity index (χ1) is 13.8. The molecule has 0 heterocycles. The highest BCUT2D eigenvalue weighted by molar-refractivity contribution is 14.1. The van der Waals surface area contributed by atoms with Gasteiger partial charge in [-0.25, -0.2) is 0 Å². The summed E-state index contributed by atoms with van der Waals surface area (Å²) in [6.45, 7) is 3.94. The predicted molar refractivity (Wildman–Crippen MR) is 130 cm³/mol. The fraction of sp³-hybridized carbons (Fsp3) is 0.400. The van der Waals surface area contributed by atoms with Crippen LogP contribution in [0.5, 0.6) is 5.75 Å². The van der Waals surface area contributed by atoms with Crippen LogP contribution in [0.25, 0.3) is 0 Å². The van der Waals surface area contributed by atoms with Crippen LogP contribution in [0.4, 0.5) is 5.69 Å². The standard InChI is InChI=1S/C20H27BIN2O4P/c1-15(21(22)29)14-28-19-7-8-20(24(26)27)18(11-19)12-23(2)10-9-16-3-5-17(13-25)6-4-16/h3-8,11,15,25H,9-10,12-14,29H2,1-2H3. The lowest BCUT2D eigenvalue weighted by Gasteiger charge is -2.18. The number of nitrogens with zero attached hydrogens (tertiary/aromatic N) is 2. The van der Waals surface area contributed by atoms with Crippen molar-refractivity contribution in [2.24, 2.45) is 0 Å². The van der Waals surface area contributed by atoms with Crippen LogP contribution in [0.1, 0.15) is 23.6 Å². The van der Waals surface area contributed by atoms with Gasteiger partial charge in [-0.2, -0.15) is 9.12 Å². The summed E-state index contributed by atoms with van der Waals surface area (Å²) in [4.78, 5) is 13.2. The Balaban J connectivity index is 2.01. The molecule has 0 aromatic heterocycles. The van der Waals surface area contributed by atoms with E-state index in [0.717, 1.165) is 18.5 Å². The highest BCUT2D eigenvalue weighted by Gasteiger charge is 2.18. The van der Waals surface area contributed by atoms with E-state index in [4.69, 9.17) is 9.84 Å². The van der Waals surface area contributed by atoms with Gasteiger partial charge in [-0.05, 0) is 42.5 Å². The minimum absolute atomic E-state index is 0.0383. The van der Waals surface area contributed by atoms with E-state index >= 15 is 0 Å². The van der Waals surface area contributed by atoms with Gasteiger partial charge in [-0.3, -0.25) is 10.1 Å². The van der Waals surface area contributed by atoms with Gasteiger partial charge in [0.25, 0.3) is 5.69 Å². The molecule has 0 fully saturated rings. The second-order valence-electron chi connectivity index (χ2n) is 7.24. The van der Waals surface area contributed by atoms with Gasteiger partial charge in [0.1, 0.15) is 5.75 Å². The van der Waals surface area contributed by atoms with Crippen molar-refractivity contribution >= 4 is 41.5 Å². The van der Waals surface area contributed by atoms with Crippen molar-refractivity contribution in [2.45, 2.75) is 32.3 Å². The molecular weight excluding hydrogens is 501 g/mol. The highest BCUT2D eigenvalue weighted by Crippen LogP contribution is 2.27. The fourth-order valence-corrected chi connectivity index (χ4v) is 3.10. The van der Waals surface area contributed by atoms with Crippen LogP contribution in [0.15, 0.2) is 42.5 Å². The zero-order chi connectivity index (χ0) is 21.4. The van der Waals surface area contributed by atoms with Crippen LogP contribution in [-0.2, 0) is 19.6 Å². The SMILES string of the molecule is CC(COc1ccc([N+](=O)[O-])c(CN(C)CCc2ccc(CO)cc2)c1)B(P)I. The molecule has 6 nitrogen and oxygen atoms in total. The molecule has 156 valence electrons. The second kappa shape index (κ2) is 11.8. The maximum Gasteiger partial charge on any atom is 0.274 e. The Bertz CT molecular complexity index is 808. The largest absolute Gasteiger partial charge is 0.494 e. The third-order valence-corrected chi connectivity index (χ3v) is 6.62. The molecule has 0 saturated carbocycles. The van der Waals surface area contributed by atoms with Crippen LogP contribution < -0.4 is 4.74 Å². The van der Waals surface area contributed by atoms with Crippen molar-refractivity contribution in [3.8, 4) is 5.75 Å². The van der Waals surface area contributed by atoms with Crippen molar-refractivity contribution in [3.63, 3.8) is 0 Å². The minimum atomic E-state index is -0.341. The highest BCUT2D eigenvalue weighted by atomic mass is 127. The van der Waals surface area contributed by atoms with E-state index in [2.05, 4.69) is 43.3 Å². The van der Waals surface area contributed by atoms with E-state index in [-0.39, 0.29) is 17.2 Å². The van der Waals surface area contributed by atoms with E-state index in [1.807, 2.05) is 31.3 Å². The number of hydrogen-bond acceptors (Lipinski definition) is 5. The van der Waals surface area contributed by atoms with Gasteiger partial charge < -0.3 is 14.7 Å². The first-order valence-electron chi connectivity index (χ1n) is 9.47. The number of aliphatic hydroxyl groups is 1. The summed E-state index contributed by atoms with van der Waals surface area (Å²) in [6, 6.07) is 12.8. The van der Waals surface area contributed by atoms with Crippen LogP contribution >= 0.6 is 31.5 Å². The Morgan fingerprint density at radius 3 is 2.52 bits per heavy atom. The molecule has 0 aliphatic rings. The number of aliphatic hydroxyl groups excluding tert-OH is 1. The van der Waals surface area contributed by atoms with Gasteiger partial charge in [-0.15, -0.1) is 22.4 Å². The Morgan fingerprint density at radius 1 is 1.28 bits per heavy atom. The van der Waals surface area contributed by atoms with Gasteiger partial charge in [-0.1, -0.05) is 31.2 Å². The zero-order valence-corrected chi connectivity index (χ0v) is 20.1. The third kappa shape index (κ3) is 7.85. The van der Waals surface area contributed by atoms with Crippen LogP contribution in [-0.4, -0.2) is 39.4 Å². The van der Waals surface area contributed by atoms with Gasteiger partial charge in [0, 0.05) is 24.7 Å². The molecule has 0 radical (unpaired) electrons. The number of rotatable bonds is 11. The number of nitro benzene ring substituents is 1. The summed E-state index contributed by atoms with van der Waals surface area (Å²) < 4.78 is 6.26. The zero-order valence-electron chi connectivity index (χ0n) is 16.8. The molecule has 0 aliphatic carbocycles. The molecule has 0 amide bonds. The number of likely N-dealkylation sites (N-methyl/N-ethyl adjacent to an activating group) is 1. The molecular formula is C20H27BIN2O4P. The number of nitro groups is 1. The molecule has 9 heteroatoms. The lowest BCUT2D eigenvalue weighted by atomic mass is 9.88. The average Bonchev–Trinajstić information content (AvgIpc) is 2.70. The summed E-state index contributed by atoms with van der Waals surface area (Å²) in [6.07, 6.45) is 0.828. The second-order valence-corrected chi connectivity index (χ2v) is 10.8. The monoisotopic (exact) mass is 528 g/mol. The van der Waals surface area contributed by atoms with E-state index in [1.165, 1.54) is 11.6 Å². The van der Waals surface area contributed by atoms with Crippen molar-refractivity contribution in [3.05, 3.63) is 69.3 Å². The molecule has 2 unspecified atom stereocenters. The van der Waals surface area contributed by atoms with Gasteiger partial charge in [0.05, 0.1) is 18.1 Å². The summed E-state index contributed by atoms with van der Waals surface area (Å²) in [5.74, 6) is 1.02. The van der Waals surface area contributed by atoms with Crippen molar-refractivity contribution in [2.75, 3.05) is 20.2 Å². The fourth-order valence-electron chi connectivity index (χ4n) is 2.78. The molecule has 2 aromatic carbocycles. The van der Waals surface area contributed by atoms with E-state index in [0.29, 0.717) is 34.6 Å². The number of halogens is 1. The Hall–Kier alpha value is -1.22. The van der Waals surface area contributed by atoms with Crippen LogP contribution in [0.2, 0.25) is 5.82 Å². The van der Waals surface area contributed by atoms with E-state index in [9.17, 15) is 10.1 Å². The molecule has 0 spiro atoms. The third-order valence-electron chi connectivity index (χ3n) is 4.73. The van der Waals surface area contributed by atoms with Crippen LogP contribution in [0, 0.1) is 10.1 Å². The number of hydrogen-bond donors (Lipinski definition) is 1. The Labute approximate surface area is 188 Å². The molecule has 0 saturated heterocycles. The summed E-state index contributed by atoms with van der Waals surface area (Å²) in [7, 11) is 4.71. The lowest BCUT2D eigenvalue weighted by Crippen LogP contribution is -2.21. The molecule has 0 bridgehead atoms. The molecule has 2 atom stereocenters. The van der Waals surface area contributed by atoms with Crippen molar-refractivity contribution < 1.29 is 14.8 Å².